The van der Waals surface area contributed by atoms with Gasteiger partial charge in [-0.1, -0.05) is 97.1 Å². The molecule has 0 spiro atoms. The van der Waals surface area contributed by atoms with Crippen molar-refractivity contribution in [3.05, 3.63) is 128 Å². The van der Waals surface area contributed by atoms with E-state index in [4.69, 9.17) is 24.4 Å². The van der Waals surface area contributed by atoms with Gasteiger partial charge in [-0.3, -0.25) is 4.40 Å². The summed E-state index contributed by atoms with van der Waals surface area (Å²) in [5.41, 5.74) is 8.27. The van der Waals surface area contributed by atoms with Gasteiger partial charge in [0.2, 0.25) is 5.71 Å². The first-order valence-electron chi connectivity index (χ1n) is 13.1. The van der Waals surface area contributed by atoms with Crippen molar-refractivity contribution in [3.63, 3.8) is 0 Å². The molecule has 8 aromatic rings. The molecule has 0 fully saturated rings. The van der Waals surface area contributed by atoms with Crippen molar-refractivity contribution in [3.8, 4) is 45.3 Å². The highest BCUT2D eigenvalue weighted by molar-refractivity contribution is 6.02. The molecule has 40 heavy (non-hydrogen) atoms. The maximum atomic E-state index is 6.15. The van der Waals surface area contributed by atoms with Gasteiger partial charge >= 0.3 is 0 Å². The van der Waals surface area contributed by atoms with Gasteiger partial charge in [0.25, 0.3) is 0 Å². The van der Waals surface area contributed by atoms with Gasteiger partial charge < -0.3 is 4.42 Å². The van der Waals surface area contributed by atoms with Crippen LogP contribution in [0.4, 0.5) is 0 Å². The van der Waals surface area contributed by atoms with Gasteiger partial charge in [-0.15, -0.1) is 0 Å². The fourth-order valence-electron chi connectivity index (χ4n) is 5.07. The fourth-order valence-corrected chi connectivity index (χ4v) is 5.07. The third-order valence-corrected chi connectivity index (χ3v) is 7.10. The smallest absolute Gasteiger partial charge is 0.232 e. The number of hydrogen-bond donors (Lipinski definition) is 0. The molecule has 0 aliphatic rings. The zero-order valence-corrected chi connectivity index (χ0v) is 21.3. The average molecular weight is 516 g/mol. The van der Waals surface area contributed by atoms with Crippen molar-refractivity contribution in [2.45, 2.75) is 0 Å². The number of furan rings is 1. The van der Waals surface area contributed by atoms with Crippen molar-refractivity contribution in [2.75, 3.05) is 0 Å². The summed E-state index contributed by atoms with van der Waals surface area (Å²) in [6.07, 6.45) is 2.08. The third kappa shape index (κ3) is 3.74. The Labute approximate surface area is 229 Å². The Balaban J connectivity index is 1.20. The van der Waals surface area contributed by atoms with Crippen LogP contribution >= 0.6 is 0 Å². The molecule has 4 aromatic carbocycles. The van der Waals surface area contributed by atoms with E-state index in [-0.39, 0.29) is 0 Å². The number of hydrogen-bond acceptors (Lipinski definition) is 5. The largest absolute Gasteiger partial charge is 0.437 e. The lowest BCUT2D eigenvalue weighted by molar-refractivity contribution is 0.649. The molecule has 8 rings (SSSR count). The topological polar surface area (TPSA) is 69.1 Å². The minimum atomic E-state index is 0.633. The molecule has 6 nitrogen and oxygen atoms in total. The molecule has 0 amide bonds. The quantitative estimate of drug-likeness (QED) is 0.237. The Morgan fingerprint density at radius 3 is 1.62 bits per heavy atom. The highest BCUT2D eigenvalue weighted by Crippen LogP contribution is 2.31. The van der Waals surface area contributed by atoms with E-state index in [2.05, 4.69) is 36.5 Å². The second kappa shape index (κ2) is 8.99. The fraction of sp³-hybridized carbons (Fsp3) is 0. The van der Waals surface area contributed by atoms with Crippen molar-refractivity contribution in [2.24, 2.45) is 0 Å². The number of fused-ring (bicyclic) bond motifs is 5. The lowest BCUT2D eigenvalue weighted by Crippen LogP contribution is -2.00. The molecule has 4 aromatic heterocycles. The minimum Gasteiger partial charge on any atom is -0.437 e. The summed E-state index contributed by atoms with van der Waals surface area (Å²) in [6, 6.07) is 40.4. The molecule has 0 saturated heterocycles. The van der Waals surface area contributed by atoms with E-state index in [1.807, 2.05) is 95.4 Å². The first-order valence-corrected chi connectivity index (χ1v) is 13.1. The summed E-state index contributed by atoms with van der Waals surface area (Å²) < 4.78 is 8.16. The Kier molecular flexibility index (Phi) is 5.03. The van der Waals surface area contributed by atoms with Gasteiger partial charge in [-0.25, -0.2) is 19.9 Å². The first-order chi connectivity index (χ1) is 19.8. The molecule has 0 N–H and O–H groups in total. The highest BCUT2D eigenvalue weighted by Gasteiger charge is 2.15. The SMILES string of the molecule is c1ccc(-c2nc(-c3ccccc3)nc(-c3ccc(-c4ccc5nc6c7ccccc7oc6n5c4)cc3)n2)cc1. The van der Waals surface area contributed by atoms with Gasteiger partial charge in [0.05, 0.1) is 0 Å². The number of benzene rings is 4. The summed E-state index contributed by atoms with van der Waals surface area (Å²) >= 11 is 0. The molecule has 4 heterocycles. The van der Waals surface area contributed by atoms with Crippen molar-refractivity contribution in [1.82, 2.24) is 24.3 Å². The summed E-state index contributed by atoms with van der Waals surface area (Å²) in [5, 5.41) is 1.02. The van der Waals surface area contributed by atoms with E-state index in [1.54, 1.807) is 0 Å². The first kappa shape index (κ1) is 22.4. The van der Waals surface area contributed by atoms with Gasteiger partial charge in [-0.2, -0.15) is 0 Å². The Bertz CT molecular complexity index is 2090. The molecule has 0 radical (unpaired) electrons. The average Bonchev–Trinajstić information content (AvgIpc) is 3.58. The Hall–Kier alpha value is -5.62. The standard InChI is InChI=1S/C34H21N5O/c1-3-9-23(10-4-1)31-36-32(24-11-5-2-6-12-24)38-33(37-31)25-17-15-22(16-18-25)26-19-20-29-35-30-27-13-7-8-14-28(27)40-34(30)39(29)21-26/h1-21H. The van der Waals surface area contributed by atoms with Gasteiger partial charge in [-0.05, 0) is 35.4 Å². The molecule has 188 valence electrons. The number of aromatic nitrogens is 5. The zero-order valence-electron chi connectivity index (χ0n) is 21.3. The van der Waals surface area contributed by atoms with Crippen LogP contribution in [-0.4, -0.2) is 24.3 Å². The lowest BCUT2D eigenvalue weighted by atomic mass is 10.1. The van der Waals surface area contributed by atoms with Gasteiger partial charge in [0, 0.05) is 28.3 Å². The van der Waals surface area contributed by atoms with E-state index in [0.717, 1.165) is 55.7 Å². The zero-order chi connectivity index (χ0) is 26.5. The monoisotopic (exact) mass is 515 g/mol. The minimum absolute atomic E-state index is 0.633. The van der Waals surface area contributed by atoms with E-state index in [0.29, 0.717) is 17.5 Å². The van der Waals surface area contributed by atoms with E-state index in [1.165, 1.54) is 0 Å². The number of para-hydroxylation sites is 1. The molecule has 6 heteroatoms. The lowest BCUT2D eigenvalue weighted by Gasteiger charge is -2.09. The third-order valence-electron chi connectivity index (χ3n) is 7.10. The van der Waals surface area contributed by atoms with Gasteiger partial charge in [0.15, 0.2) is 17.5 Å². The molecule has 0 saturated carbocycles. The molecule has 0 aliphatic heterocycles. The molecular weight excluding hydrogens is 494 g/mol. The molecule has 0 bridgehead atoms. The van der Waals surface area contributed by atoms with Crippen LogP contribution in [0.15, 0.2) is 132 Å². The predicted octanol–water partition coefficient (Wildman–Crippen LogP) is 8.09. The highest BCUT2D eigenvalue weighted by atomic mass is 16.3. The van der Waals surface area contributed by atoms with Crippen LogP contribution in [-0.2, 0) is 0 Å². The van der Waals surface area contributed by atoms with E-state index < -0.39 is 0 Å². The van der Waals surface area contributed by atoms with Crippen LogP contribution in [0, 0.1) is 0 Å². The summed E-state index contributed by atoms with van der Waals surface area (Å²) in [5.74, 6) is 1.93. The molecular formula is C34H21N5O. The van der Waals surface area contributed by atoms with E-state index >= 15 is 0 Å². The number of rotatable bonds is 4. The van der Waals surface area contributed by atoms with Crippen molar-refractivity contribution in [1.29, 1.82) is 0 Å². The number of nitrogens with zero attached hydrogens (tertiary/aromatic N) is 5. The molecule has 0 unspecified atom stereocenters. The van der Waals surface area contributed by atoms with Crippen molar-refractivity contribution >= 4 is 27.8 Å². The normalized spacial score (nSPS) is 11.5. The summed E-state index contributed by atoms with van der Waals surface area (Å²) in [4.78, 5) is 19.3. The van der Waals surface area contributed by atoms with Crippen molar-refractivity contribution < 1.29 is 4.42 Å². The van der Waals surface area contributed by atoms with Crippen LogP contribution in [0.3, 0.4) is 0 Å². The summed E-state index contributed by atoms with van der Waals surface area (Å²) in [7, 11) is 0. The summed E-state index contributed by atoms with van der Waals surface area (Å²) in [6.45, 7) is 0. The number of imidazole rings is 1. The Morgan fingerprint density at radius 2 is 0.975 bits per heavy atom. The van der Waals surface area contributed by atoms with Crippen LogP contribution in [0.5, 0.6) is 0 Å². The Morgan fingerprint density at radius 1 is 0.450 bits per heavy atom. The maximum absolute atomic E-state index is 6.15. The van der Waals surface area contributed by atoms with Gasteiger partial charge in [0.1, 0.15) is 16.7 Å². The predicted molar refractivity (Wildman–Crippen MR) is 158 cm³/mol. The van der Waals surface area contributed by atoms with Crippen LogP contribution < -0.4 is 0 Å². The van der Waals surface area contributed by atoms with Crippen LogP contribution in [0.2, 0.25) is 0 Å². The van der Waals surface area contributed by atoms with E-state index in [9.17, 15) is 0 Å². The second-order valence-corrected chi connectivity index (χ2v) is 9.63. The maximum Gasteiger partial charge on any atom is 0.232 e. The number of pyridine rings is 1. The second-order valence-electron chi connectivity index (χ2n) is 9.63. The molecule has 0 aliphatic carbocycles. The van der Waals surface area contributed by atoms with Crippen LogP contribution in [0.25, 0.3) is 73.1 Å². The van der Waals surface area contributed by atoms with Crippen LogP contribution in [0.1, 0.15) is 0 Å². The molecule has 0 atom stereocenters.